The molecule has 10 rings (SSSR count). The normalized spacial score (nSPS) is 12.0. The molecule has 3 nitrogen and oxygen atoms in total. The van der Waals surface area contributed by atoms with E-state index in [4.69, 9.17) is 9.97 Å². The first-order valence-corrected chi connectivity index (χ1v) is 18.3. The Kier molecular flexibility index (Phi) is 7.52. The molecule has 2 aromatic heterocycles. The van der Waals surface area contributed by atoms with Gasteiger partial charge in [0.25, 0.3) is 0 Å². The fraction of sp³-hybridized carbons (Fsp3) is 0.0196. The van der Waals surface area contributed by atoms with Gasteiger partial charge >= 0.3 is 0 Å². The maximum atomic E-state index is 4.75. The summed E-state index contributed by atoms with van der Waals surface area (Å²) in [6.45, 7) is 6.24. The van der Waals surface area contributed by atoms with Crippen molar-refractivity contribution in [2.45, 2.75) is 6.92 Å². The van der Waals surface area contributed by atoms with Crippen LogP contribution in [0.3, 0.4) is 0 Å². The first kappa shape index (κ1) is 31.6. The molecule has 0 N–H and O–H groups in total. The number of fused-ring (bicyclic) bond motifs is 9. The van der Waals surface area contributed by atoms with Gasteiger partial charge in [-0.05, 0) is 111 Å². The van der Waals surface area contributed by atoms with Gasteiger partial charge in [0, 0.05) is 39.6 Å². The Bertz CT molecular complexity index is 3090. The number of rotatable bonds is 6. The summed E-state index contributed by atoms with van der Waals surface area (Å²) in [6.07, 6.45) is 7.57. The van der Waals surface area contributed by atoms with Crippen LogP contribution >= 0.6 is 0 Å². The molecule has 254 valence electrons. The van der Waals surface area contributed by atoms with Crippen LogP contribution in [0.2, 0.25) is 0 Å². The lowest BCUT2D eigenvalue weighted by Gasteiger charge is -2.12. The highest BCUT2D eigenvalue weighted by Gasteiger charge is 2.17. The molecule has 0 radical (unpaired) electrons. The lowest BCUT2D eigenvalue weighted by molar-refractivity contribution is 1.18. The Morgan fingerprint density at radius 1 is 0.500 bits per heavy atom. The zero-order valence-electron chi connectivity index (χ0n) is 29.9. The van der Waals surface area contributed by atoms with Crippen LogP contribution in [0.4, 0.5) is 0 Å². The summed E-state index contributed by atoms with van der Waals surface area (Å²) in [5, 5.41) is 7.03. The molecule has 0 aliphatic heterocycles. The van der Waals surface area contributed by atoms with E-state index in [0.29, 0.717) is 0 Å². The number of aryl methyl sites for hydroxylation is 1. The molecule has 0 bridgehead atoms. The van der Waals surface area contributed by atoms with Crippen molar-refractivity contribution in [3.8, 4) is 27.9 Å². The van der Waals surface area contributed by atoms with Crippen LogP contribution in [0.25, 0.3) is 87.9 Å². The number of hydrogen-bond donors (Lipinski definition) is 0. The molecule has 0 saturated heterocycles. The van der Waals surface area contributed by atoms with Gasteiger partial charge in [-0.25, -0.2) is 0 Å². The van der Waals surface area contributed by atoms with E-state index < -0.39 is 0 Å². The van der Waals surface area contributed by atoms with Gasteiger partial charge in [-0.1, -0.05) is 128 Å². The van der Waals surface area contributed by atoms with Crippen molar-refractivity contribution >= 4 is 60.0 Å². The third-order valence-electron chi connectivity index (χ3n) is 10.8. The molecule has 0 saturated carbocycles. The van der Waals surface area contributed by atoms with Crippen LogP contribution in [0, 0.1) is 6.92 Å². The molecule has 54 heavy (non-hydrogen) atoms. The van der Waals surface area contributed by atoms with Crippen LogP contribution in [-0.4, -0.2) is 14.5 Å². The molecule has 3 heteroatoms. The summed E-state index contributed by atoms with van der Waals surface area (Å²) in [5.74, 6) is 0. The Labute approximate surface area is 313 Å². The summed E-state index contributed by atoms with van der Waals surface area (Å²) in [6, 6.07) is 57.1. The van der Waals surface area contributed by atoms with Crippen LogP contribution in [0.1, 0.15) is 16.7 Å². The highest BCUT2D eigenvalue weighted by atomic mass is 15.0. The Morgan fingerprint density at radius 2 is 1.09 bits per heavy atom. The standard InChI is InChI=1S/C51H35N3/c1-3-12-41(40-18-8-7-13-33(40)2)38-23-26-49-47(32-38)46-31-37(22-25-48(46)54(49)39-16-5-4-6-17-39)35-15-11-14-34(29-35)36-21-24-44-45(30-36)42-19-9-10-20-43(42)50-51(44)53-28-27-52-50/h3-32H,1H2,2H3/b41-12-. The van der Waals surface area contributed by atoms with Crippen molar-refractivity contribution < 1.29 is 0 Å². The second-order valence-corrected chi connectivity index (χ2v) is 13.9. The Hall–Kier alpha value is -7.10. The molecule has 2 heterocycles. The maximum absolute atomic E-state index is 4.75. The van der Waals surface area contributed by atoms with E-state index in [1.165, 1.54) is 71.5 Å². The van der Waals surface area contributed by atoms with Gasteiger partial charge in [-0.15, -0.1) is 0 Å². The average Bonchev–Trinajstić information content (AvgIpc) is 3.56. The topological polar surface area (TPSA) is 30.7 Å². The van der Waals surface area contributed by atoms with E-state index in [1.807, 2.05) is 6.08 Å². The maximum Gasteiger partial charge on any atom is 0.0971 e. The smallest absolute Gasteiger partial charge is 0.0971 e. The van der Waals surface area contributed by atoms with Crippen LogP contribution in [0.15, 0.2) is 189 Å². The van der Waals surface area contributed by atoms with Crippen molar-refractivity contribution in [3.05, 3.63) is 206 Å². The van der Waals surface area contributed by atoms with Gasteiger partial charge in [-0.3, -0.25) is 9.97 Å². The summed E-state index contributed by atoms with van der Waals surface area (Å²) in [5.41, 5.74) is 14.8. The number of para-hydroxylation sites is 1. The van der Waals surface area contributed by atoms with E-state index in [-0.39, 0.29) is 0 Å². The monoisotopic (exact) mass is 689 g/mol. The predicted molar refractivity (Wildman–Crippen MR) is 228 cm³/mol. The lowest BCUT2D eigenvalue weighted by Crippen LogP contribution is -1.94. The molecule has 0 amide bonds. The lowest BCUT2D eigenvalue weighted by atomic mass is 9.92. The average molecular weight is 690 g/mol. The minimum Gasteiger partial charge on any atom is -0.309 e. The third kappa shape index (κ3) is 5.13. The largest absolute Gasteiger partial charge is 0.309 e. The molecule has 0 spiro atoms. The van der Waals surface area contributed by atoms with E-state index >= 15 is 0 Å². The highest BCUT2D eigenvalue weighted by Crippen LogP contribution is 2.39. The number of aromatic nitrogens is 3. The molecular formula is C51H35N3. The predicted octanol–water partition coefficient (Wildman–Crippen LogP) is 13.3. The fourth-order valence-electron chi connectivity index (χ4n) is 8.25. The Morgan fingerprint density at radius 3 is 1.83 bits per heavy atom. The van der Waals surface area contributed by atoms with Crippen molar-refractivity contribution in [1.29, 1.82) is 0 Å². The summed E-state index contributed by atoms with van der Waals surface area (Å²) < 4.78 is 2.38. The fourth-order valence-corrected chi connectivity index (χ4v) is 8.25. The van der Waals surface area contributed by atoms with Crippen molar-refractivity contribution in [3.63, 3.8) is 0 Å². The first-order chi connectivity index (χ1) is 26.7. The van der Waals surface area contributed by atoms with Gasteiger partial charge in [0.05, 0.1) is 22.1 Å². The molecule has 8 aromatic carbocycles. The number of allylic oxidation sites excluding steroid dienone is 2. The van der Waals surface area contributed by atoms with Crippen molar-refractivity contribution in [1.82, 2.24) is 14.5 Å². The van der Waals surface area contributed by atoms with Gasteiger partial charge in [0.2, 0.25) is 0 Å². The SMILES string of the molecule is C=C/C=C(/c1ccc2c(c1)c1cc(-c3cccc(-c4ccc5c(c4)c4ccccc4c4nccnc54)c3)ccc1n2-c1ccccc1)c1ccccc1C. The number of benzene rings is 8. The summed E-state index contributed by atoms with van der Waals surface area (Å²) >= 11 is 0. The third-order valence-corrected chi connectivity index (χ3v) is 10.8. The van der Waals surface area contributed by atoms with Gasteiger partial charge in [0.1, 0.15) is 0 Å². The van der Waals surface area contributed by atoms with E-state index in [2.05, 4.69) is 182 Å². The molecule has 0 unspecified atom stereocenters. The molecule has 0 aliphatic carbocycles. The Balaban J connectivity index is 1.14. The second kappa shape index (κ2) is 12.8. The molecule has 0 aliphatic rings. The number of hydrogen-bond acceptors (Lipinski definition) is 2. The van der Waals surface area contributed by atoms with Gasteiger partial charge < -0.3 is 4.57 Å². The van der Waals surface area contributed by atoms with E-state index in [1.54, 1.807) is 12.4 Å². The molecule has 0 fully saturated rings. The molecule has 10 aromatic rings. The summed E-state index contributed by atoms with van der Waals surface area (Å²) in [4.78, 5) is 9.47. The zero-order chi connectivity index (χ0) is 36.2. The van der Waals surface area contributed by atoms with Crippen LogP contribution < -0.4 is 0 Å². The van der Waals surface area contributed by atoms with E-state index in [9.17, 15) is 0 Å². The summed E-state index contributed by atoms with van der Waals surface area (Å²) in [7, 11) is 0. The van der Waals surface area contributed by atoms with Crippen molar-refractivity contribution in [2.75, 3.05) is 0 Å². The highest BCUT2D eigenvalue weighted by molar-refractivity contribution is 6.23. The molecular weight excluding hydrogens is 655 g/mol. The first-order valence-electron chi connectivity index (χ1n) is 18.3. The zero-order valence-corrected chi connectivity index (χ0v) is 29.9. The minimum absolute atomic E-state index is 0.934. The van der Waals surface area contributed by atoms with Crippen molar-refractivity contribution in [2.24, 2.45) is 0 Å². The molecule has 0 atom stereocenters. The van der Waals surface area contributed by atoms with Crippen LogP contribution in [-0.2, 0) is 0 Å². The number of nitrogens with zero attached hydrogens (tertiary/aromatic N) is 3. The van der Waals surface area contributed by atoms with E-state index in [0.717, 1.165) is 33.1 Å². The minimum atomic E-state index is 0.934. The van der Waals surface area contributed by atoms with Gasteiger partial charge in [0.15, 0.2) is 0 Å². The quantitative estimate of drug-likeness (QED) is 0.129. The van der Waals surface area contributed by atoms with Gasteiger partial charge in [-0.2, -0.15) is 0 Å². The van der Waals surface area contributed by atoms with Crippen LogP contribution in [0.5, 0.6) is 0 Å². The second-order valence-electron chi connectivity index (χ2n) is 13.9.